The molecule has 0 unspecified atom stereocenters. The van der Waals surface area contributed by atoms with E-state index in [0.29, 0.717) is 24.3 Å². The van der Waals surface area contributed by atoms with Crippen LogP contribution in [-0.4, -0.2) is 56.8 Å². The average Bonchev–Trinajstić information content (AvgIpc) is 3.03. The predicted octanol–water partition coefficient (Wildman–Crippen LogP) is 1.80. The van der Waals surface area contributed by atoms with Crippen molar-refractivity contribution in [2.75, 3.05) is 11.5 Å². The van der Waals surface area contributed by atoms with Crippen molar-refractivity contribution < 1.29 is 19.5 Å². The van der Waals surface area contributed by atoms with Crippen molar-refractivity contribution in [3.63, 3.8) is 0 Å². The number of carbonyl (C=O) groups excluding carboxylic acids is 2. The molecule has 3 rings (SSSR count). The number of amides is 2. The maximum atomic E-state index is 13.0. The molecule has 146 valence electrons. The lowest BCUT2D eigenvalue weighted by Gasteiger charge is -2.28. The zero-order valence-electron chi connectivity index (χ0n) is 14.9. The van der Waals surface area contributed by atoms with Crippen molar-refractivity contribution in [2.24, 2.45) is 5.92 Å². The predicted molar refractivity (Wildman–Crippen MR) is 108 cm³/mol. The van der Waals surface area contributed by atoms with E-state index >= 15 is 0 Å². The summed E-state index contributed by atoms with van der Waals surface area (Å²) in [6.07, 6.45) is 2.63. The van der Waals surface area contributed by atoms with E-state index in [9.17, 15) is 19.5 Å². The highest BCUT2D eigenvalue weighted by atomic mass is 32.2. The number of carbonyl (C=O) groups is 3. The van der Waals surface area contributed by atoms with E-state index in [2.05, 4.69) is 17.9 Å². The Bertz CT molecular complexity index is 700. The van der Waals surface area contributed by atoms with Gasteiger partial charge in [-0.05, 0) is 31.2 Å². The molecule has 0 aromatic heterocycles. The van der Waals surface area contributed by atoms with Crippen LogP contribution in [0.25, 0.3) is 0 Å². The molecule has 0 radical (unpaired) electrons. The topological polar surface area (TPSA) is 86.7 Å². The van der Waals surface area contributed by atoms with Gasteiger partial charge < -0.3 is 15.3 Å². The van der Waals surface area contributed by atoms with Crippen molar-refractivity contribution in [2.45, 2.75) is 43.1 Å². The maximum Gasteiger partial charge on any atom is 0.327 e. The summed E-state index contributed by atoms with van der Waals surface area (Å²) in [5, 5.41) is 12.2. The van der Waals surface area contributed by atoms with Gasteiger partial charge in [-0.25, -0.2) is 4.79 Å². The molecule has 2 aliphatic rings. The molecule has 8 heteroatoms. The molecule has 2 saturated heterocycles. The van der Waals surface area contributed by atoms with Crippen LogP contribution in [0.2, 0.25) is 0 Å². The number of thioether (sulfide) groups is 1. The zero-order valence-corrected chi connectivity index (χ0v) is 16.6. The molecule has 4 atom stereocenters. The summed E-state index contributed by atoms with van der Waals surface area (Å²) < 4.78 is 0. The zero-order chi connectivity index (χ0) is 19.4. The first-order valence-electron chi connectivity index (χ1n) is 9.13. The Kier molecular flexibility index (Phi) is 6.70. The van der Waals surface area contributed by atoms with Gasteiger partial charge in [0.1, 0.15) is 12.1 Å². The summed E-state index contributed by atoms with van der Waals surface area (Å²) in [7, 11) is 0. The Balaban J connectivity index is 1.68. The Morgan fingerprint density at radius 3 is 2.70 bits per heavy atom. The summed E-state index contributed by atoms with van der Waals surface area (Å²) in [4.78, 5) is 38.7. The maximum absolute atomic E-state index is 13.0. The van der Waals surface area contributed by atoms with Gasteiger partial charge in [0, 0.05) is 11.5 Å². The summed E-state index contributed by atoms with van der Waals surface area (Å²) in [5.74, 6) is -1.03. The summed E-state index contributed by atoms with van der Waals surface area (Å²) in [5.41, 5.74) is 1.04. The van der Waals surface area contributed by atoms with Crippen molar-refractivity contribution in [3.05, 3.63) is 35.9 Å². The molecule has 2 amide bonds. The van der Waals surface area contributed by atoms with Crippen LogP contribution in [0.5, 0.6) is 0 Å². The van der Waals surface area contributed by atoms with Gasteiger partial charge in [0.2, 0.25) is 11.8 Å². The summed E-state index contributed by atoms with van der Waals surface area (Å²) in [6.45, 7) is 0. The third kappa shape index (κ3) is 4.60. The number of hydrogen-bond donors (Lipinski definition) is 3. The molecular formula is C19H24N2O4S2. The van der Waals surface area contributed by atoms with Gasteiger partial charge in [-0.15, -0.1) is 11.8 Å². The van der Waals surface area contributed by atoms with Crippen LogP contribution >= 0.6 is 24.4 Å². The number of rotatable bonds is 6. The fourth-order valence-corrected chi connectivity index (χ4v) is 5.38. The van der Waals surface area contributed by atoms with E-state index in [1.54, 1.807) is 0 Å². The van der Waals surface area contributed by atoms with Crippen molar-refractivity contribution >= 4 is 42.2 Å². The number of carboxylic acid groups (broad SMARTS) is 1. The van der Waals surface area contributed by atoms with Crippen LogP contribution < -0.4 is 5.32 Å². The van der Waals surface area contributed by atoms with Crippen LogP contribution in [0.3, 0.4) is 0 Å². The number of benzene rings is 1. The average molecular weight is 409 g/mol. The lowest BCUT2D eigenvalue weighted by atomic mass is 9.99. The SMILES string of the molecule is O=C(N[C@H]1CCC[C@H]2SC[C@@H](C(=O)O)N2C1=O)[C@H](CS)Cc1ccccc1. The molecule has 0 spiro atoms. The largest absolute Gasteiger partial charge is 0.480 e. The van der Waals surface area contributed by atoms with E-state index in [-0.39, 0.29) is 23.1 Å². The monoisotopic (exact) mass is 408 g/mol. The lowest BCUT2D eigenvalue weighted by molar-refractivity contribution is -0.150. The van der Waals surface area contributed by atoms with Crippen molar-refractivity contribution in [3.8, 4) is 0 Å². The normalized spacial score (nSPS) is 26.2. The Labute approximate surface area is 168 Å². The van der Waals surface area contributed by atoms with Crippen LogP contribution in [0, 0.1) is 5.92 Å². The van der Waals surface area contributed by atoms with Crippen LogP contribution in [0.15, 0.2) is 30.3 Å². The van der Waals surface area contributed by atoms with Crippen LogP contribution in [0.1, 0.15) is 24.8 Å². The molecule has 2 aliphatic heterocycles. The van der Waals surface area contributed by atoms with Gasteiger partial charge in [-0.3, -0.25) is 9.59 Å². The highest BCUT2D eigenvalue weighted by Gasteiger charge is 2.45. The summed E-state index contributed by atoms with van der Waals surface area (Å²) in [6, 6.07) is 8.22. The molecule has 0 saturated carbocycles. The van der Waals surface area contributed by atoms with Crippen molar-refractivity contribution in [1.82, 2.24) is 10.2 Å². The highest BCUT2D eigenvalue weighted by Crippen LogP contribution is 2.35. The molecule has 1 aromatic rings. The van der Waals surface area contributed by atoms with E-state index in [0.717, 1.165) is 18.4 Å². The molecule has 2 fully saturated rings. The number of carboxylic acids is 1. The Hall–Kier alpha value is -1.67. The standard InChI is InChI=1S/C19H24N2O4S2/c22-17(13(10-26)9-12-5-2-1-3-6-12)20-14-7-4-8-16-21(18(14)23)15(11-27-16)19(24)25/h1-3,5-6,13-16,26H,4,7-11H2,(H,20,22)(H,24,25)/t13-,14-,15-,16+/m0/s1. The molecule has 0 aliphatic carbocycles. The van der Waals surface area contributed by atoms with Gasteiger partial charge >= 0.3 is 5.97 Å². The number of nitrogens with one attached hydrogen (secondary N) is 1. The fraction of sp³-hybridized carbons (Fsp3) is 0.526. The third-order valence-corrected chi connectivity index (χ3v) is 6.90. The van der Waals surface area contributed by atoms with E-state index < -0.39 is 18.1 Å². The van der Waals surface area contributed by atoms with Crippen molar-refractivity contribution in [1.29, 1.82) is 0 Å². The van der Waals surface area contributed by atoms with Crippen LogP contribution in [0.4, 0.5) is 0 Å². The minimum Gasteiger partial charge on any atom is -0.480 e. The molecule has 6 nitrogen and oxygen atoms in total. The molecule has 2 heterocycles. The number of hydrogen-bond acceptors (Lipinski definition) is 5. The second-order valence-corrected chi connectivity index (χ2v) is 8.52. The first-order valence-corrected chi connectivity index (χ1v) is 10.8. The highest BCUT2D eigenvalue weighted by molar-refractivity contribution is 8.00. The Morgan fingerprint density at radius 2 is 2.04 bits per heavy atom. The van der Waals surface area contributed by atoms with Gasteiger partial charge in [-0.2, -0.15) is 12.6 Å². The number of fused-ring (bicyclic) bond motifs is 1. The molecule has 0 bridgehead atoms. The van der Waals surface area contributed by atoms with Gasteiger partial charge in [-0.1, -0.05) is 30.3 Å². The first kappa shape index (κ1) is 20.1. The number of aliphatic carboxylic acids is 1. The van der Waals surface area contributed by atoms with Gasteiger partial charge in [0.25, 0.3) is 0 Å². The molecule has 2 N–H and O–H groups in total. The first-order chi connectivity index (χ1) is 13.0. The van der Waals surface area contributed by atoms with E-state index in [1.165, 1.54) is 16.7 Å². The van der Waals surface area contributed by atoms with Gasteiger partial charge in [0.15, 0.2) is 0 Å². The lowest BCUT2D eigenvalue weighted by Crippen LogP contribution is -2.54. The quantitative estimate of drug-likeness (QED) is 0.625. The van der Waals surface area contributed by atoms with E-state index in [4.69, 9.17) is 0 Å². The third-order valence-electron chi connectivity index (χ3n) is 5.11. The smallest absolute Gasteiger partial charge is 0.327 e. The molecule has 27 heavy (non-hydrogen) atoms. The Morgan fingerprint density at radius 1 is 1.30 bits per heavy atom. The molecular weight excluding hydrogens is 384 g/mol. The van der Waals surface area contributed by atoms with Gasteiger partial charge in [0.05, 0.1) is 11.3 Å². The van der Waals surface area contributed by atoms with Crippen LogP contribution in [-0.2, 0) is 20.8 Å². The number of thiol groups is 1. The van der Waals surface area contributed by atoms with E-state index in [1.807, 2.05) is 30.3 Å². The minimum atomic E-state index is -0.984. The number of nitrogens with zero attached hydrogens (tertiary/aromatic N) is 1. The second-order valence-electron chi connectivity index (χ2n) is 6.95. The minimum absolute atomic E-state index is 0.106. The fourth-order valence-electron chi connectivity index (χ4n) is 3.63. The molecule has 1 aromatic carbocycles. The summed E-state index contributed by atoms with van der Waals surface area (Å²) >= 11 is 5.82. The second kappa shape index (κ2) is 9.01.